The van der Waals surface area contributed by atoms with E-state index in [0.717, 1.165) is 12.1 Å². The molecule has 0 radical (unpaired) electrons. The predicted octanol–water partition coefficient (Wildman–Crippen LogP) is 4.52. The minimum Gasteiger partial charge on any atom is -0.234 e. The molecule has 0 bridgehead atoms. The number of rotatable bonds is 7. The van der Waals surface area contributed by atoms with Crippen molar-refractivity contribution in [2.24, 2.45) is 10.3 Å². The molecular formula is C14H29NOS. The summed E-state index contributed by atoms with van der Waals surface area (Å²) >= 11 is 0. The molecule has 1 unspecified atom stereocenters. The molecule has 0 aliphatic heterocycles. The fourth-order valence-corrected chi connectivity index (χ4v) is 2.21. The molecule has 2 nitrogen and oxygen atoms in total. The summed E-state index contributed by atoms with van der Waals surface area (Å²) < 4.78 is 16.2. The van der Waals surface area contributed by atoms with Crippen LogP contribution >= 0.6 is 0 Å². The van der Waals surface area contributed by atoms with Crippen LogP contribution in [0.3, 0.4) is 0 Å². The van der Waals surface area contributed by atoms with Crippen LogP contribution in [0, 0.1) is 5.92 Å². The predicted molar refractivity (Wildman–Crippen MR) is 78.9 cm³/mol. The van der Waals surface area contributed by atoms with Crippen molar-refractivity contribution in [2.45, 2.75) is 78.4 Å². The van der Waals surface area contributed by atoms with Gasteiger partial charge in [0.25, 0.3) is 0 Å². The van der Waals surface area contributed by atoms with Crippen molar-refractivity contribution in [3.8, 4) is 0 Å². The van der Waals surface area contributed by atoms with Crippen molar-refractivity contribution in [1.82, 2.24) is 0 Å². The van der Waals surface area contributed by atoms with E-state index in [4.69, 9.17) is 0 Å². The lowest BCUT2D eigenvalue weighted by Gasteiger charge is -2.16. The smallest absolute Gasteiger partial charge is 0.144 e. The molecule has 0 aliphatic carbocycles. The fourth-order valence-electron chi connectivity index (χ4n) is 1.42. The number of hydrogen-bond acceptors (Lipinski definition) is 1. The highest BCUT2D eigenvalue weighted by Gasteiger charge is 2.20. The van der Waals surface area contributed by atoms with Crippen LogP contribution in [-0.2, 0) is 11.0 Å². The van der Waals surface area contributed by atoms with E-state index in [-0.39, 0.29) is 4.75 Å². The highest BCUT2D eigenvalue weighted by Crippen LogP contribution is 2.16. The van der Waals surface area contributed by atoms with Gasteiger partial charge in [-0.2, -0.15) is 4.40 Å². The van der Waals surface area contributed by atoms with Gasteiger partial charge in [0.05, 0.1) is 4.75 Å². The number of unbranched alkanes of at least 4 members (excludes halogenated alkanes) is 3. The standard InChI is InChI=1S/C14H29NOS/c1-7-8-9-10-11-13(12(2)3)15-17(16)14(4,5)6/h12H,7-11H2,1-6H3/b15-13-. The summed E-state index contributed by atoms with van der Waals surface area (Å²) in [6.07, 6.45) is 5.96. The van der Waals surface area contributed by atoms with Gasteiger partial charge in [-0.15, -0.1) is 0 Å². The Kier molecular flexibility index (Phi) is 7.93. The Morgan fingerprint density at radius 1 is 1.18 bits per heavy atom. The summed E-state index contributed by atoms with van der Waals surface area (Å²) in [5, 5.41) is 0. The Hall–Kier alpha value is -0.180. The maximum Gasteiger partial charge on any atom is 0.144 e. The Morgan fingerprint density at radius 2 is 1.76 bits per heavy atom. The first-order chi connectivity index (χ1) is 7.79. The zero-order valence-electron chi connectivity index (χ0n) is 12.4. The zero-order chi connectivity index (χ0) is 13.5. The van der Waals surface area contributed by atoms with Crippen LogP contribution in [0.4, 0.5) is 0 Å². The molecule has 17 heavy (non-hydrogen) atoms. The maximum atomic E-state index is 12.0. The van der Waals surface area contributed by atoms with Gasteiger partial charge in [-0.05, 0) is 39.5 Å². The Morgan fingerprint density at radius 3 is 2.18 bits per heavy atom. The molecule has 0 heterocycles. The van der Waals surface area contributed by atoms with Crippen molar-refractivity contribution in [1.29, 1.82) is 0 Å². The first kappa shape index (κ1) is 16.8. The van der Waals surface area contributed by atoms with E-state index in [2.05, 4.69) is 25.2 Å². The largest absolute Gasteiger partial charge is 0.234 e. The lowest BCUT2D eigenvalue weighted by atomic mass is 10.0. The summed E-state index contributed by atoms with van der Waals surface area (Å²) in [5.74, 6) is 0.405. The van der Waals surface area contributed by atoms with E-state index in [1.54, 1.807) is 0 Å². The quantitative estimate of drug-likeness (QED) is 0.488. The Labute approximate surface area is 110 Å². The number of hydrogen-bond donors (Lipinski definition) is 0. The third-order valence-electron chi connectivity index (χ3n) is 2.68. The minimum absolute atomic E-state index is 0.246. The van der Waals surface area contributed by atoms with E-state index in [1.165, 1.54) is 25.7 Å². The highest BCUT2D eigenvalue weighted by molar-refractivity contribution is 7.85. The van der Waals surface area contributed by atoms with E-state index < -0.39 is 11.0 Å². The molecule has 0 saturated heterocycles. The van der Waals surface area contributed by atoms with E-state index in [1.807, 2.05) is 20.8 Å². The van der Waals surface area contributed by atoms with Crippen LogP contribution in [0.25, 0.3) is 0 Å². The summed E-state index contributed by atoms with van der Waals surface area (Å²) in [6, 6.07) is 0. The first-order valence-electron chi connectivity index (χ1n) is 6.78. The Balaban J connectivity index is 4.42. The fraction of sp³-hybridized carbons (Fsp3) is 0.929. The minimum atomic E-state index is -1.11. The molecule has 0 saturated carbocycles. The summed E-state index contributed by atoms with van der Waals surface area (Å²) in [7, 11) is -1.11. The average molecular weight is 259 g/mol. The van der Waals surface area contributed by atoms with Gasteiger partial charge in [0, 0.05) is 5.71 Å². The van der Waals surface area contributed by atoms with Crippen LogP contribution in [0.1, 0.15) is 73.6 Å². The molecular weight excluding hydrogens is 230 g/mol. The second-order valence-corrected chi connectivity index (χ2v) is 7.82. The van der Waals surface area contributed by atoms with Gasteiger partial charge in [0.2, 0.25) is 0 Å². The van der Waals surface area contributed by atoms with Crippen molar-refractivity contribution < 1.29 is 4.21 Å². The SMILES string of the molecule is CCCCCC/C(=N/S(=O)C(C)(C)C)C(C)C. The van der Waals surface area contributed by atoms with Gasteiger partial charge in [-0.3, -0.25) is 0 Å². The summed E-state index contributed by atoms with van der Waals surface area (Å²) in [4.78, 5) is 0. The van der Waals surface area contributed by atoms with Crippen molar-refractivity contribution in [3.63, 3.8) is 0 Å². The second-order valence-electron chi connectivity index (χ2n) is 5.91. The van der Waals surface area contributed by atoms with Gasteiger partial charge in [0.15, 0.2) is 0 Å². The average Bonchev–Trinajstić information content (AvgIpc) is 2.20. The van der Waals surface area contributed by atoms with Crippen LogP contribution in [0.5, 0.6) is 0 Å². The first-order valence-corrected chi connectivity index (χ1v) is 7.89. The molecule has 0 aliphatic rings. The summed E-state index contributed by atoms with van der Waals surface area (Å²) in [5.41, 5.74) is 1.12. The van der Waals surface area contributed by atoms with E-state index in [0.29, 0.717) is 5.92 Å². The normalized spacial score (nSPS) is 15.4. The highest BCUT2D eigenvalue weighted by atomic mass is 32.2. The summed E-state index contributed by atoms with van der Waals surface area (Å²) in [6.45, 7) is 12.4. The topological polar surface area (TPSA) is 29.4 Å². The van der Waals surface area contributed by atoms with Crippen LogP contribution < -0.4 is 0 Å². The molecule has 0 aromatic heterocycles. The van der Waals surface area contributed by atoms with Crippen molar-refractivity contribution in [3.05, 3.63) is 0 Å². The molecule has 0 rings (SSSR count). The van der Waals surface area contributed by atoms with Crippen LogP contribution in [0.2, 0.25) is 0 Å². The number of nitrogens with zero attached hydrogens (tertiary/aromatic N) is 1. The lowest BCUT2D eigenvalue weighted by molar-refractivity contribution is 0.648. The van der Waals surface area contributed by atoms with Gasteiger partial charge < -0.3 is 0 Å². The van der Waals surface area contributed by atoms with Crippen molar-refractivity contribution >= 4 is 16.7 Å². The molecule has 0 fully saturated rings. The molecule has 3 heteroatoms. The van der Waals surface area contributed by atoms with Crippen LogP contribution in [-0.4, -0.2) is 14.7 Å². The van der Waals surface area contributed by atoms with Crippen molar-refractivity contribution in [2.75, 3.05) is 0 Å². The lowest BCUT2D eigenvalue weighted by Crippen LogP contribution is -2.22. The van der Waals surface area contributed by atoms with Gasteiger partial charge in [0.1, 0.15) is 11.0 Å². The van der Waals surface area contributed by atoms with Gasteiger partial charge in [-0.25, -0.2) is 4.21 Å². The molecule has 0 aromatic carbocycles. The molecule has 0 spiro atoms. The zero-order valence-corrected chi connectivity index (χ0v) is 13.2. The molecule has 0 aromatic rings. The second kappa shape index (κ2) is 8.02. The molecule has 102 valence electrons. The maximum absolute atomic E-state index is 12.0. The van der Waals surface area contributed by atoms with Crippen LogP contribution in [0.15, 0.2) is 4.40 Å². The third-order valence-corrected chi connectivity index (χ3v) is 4.12. The van der Waals surface area contributed by atoms with E-state index in [9.17, 15) is 4.21 Å². The monoisotopic (exact) mass is 259 g/mol. The molecule has 0 N–H and O–H groups in total. The third kappa shape index (κ3) is 7.69. The molecule has 0 amide bonds. The molecule has 1 atom stereocenters. The van der Waals surface area contributed by atoms with E-state index >= 15 is 0 Å². The Bertz CT molecular complexity index is 264. The van der Waals surface area contributed by atoms with Gasteiger partial charge in [-0.1, -0.05) is 40.0 Å². The van der Waals surface area contributed by atoms with Gasteiger partial charge >= 0.3 is 0 Å².